The lowest BCUT2D eigenvalue weighted by atomic mass is 9.79. The van der Waals surface area contributed by atoms with Gasteiger partial charge in [0.1, 0.15) is 5.82 Å². The highest BCUT2D eigenvalue weighted by Crippen LogP contribution is 2.45. The van der Waals surface area contributed by atoms with Gasteiger partial charge in [0.25, 0.3) is 5.88 Å². The first kappa shape index (κ1) is 28.3. The van der Waals surface area contributed by atoms with Crippen LogP contribution >= 0.6 is 11.6 Å². The number of imidazole rings is 1. The van der Waals surface area contributed by atoms with E-state index in [-0.39, 0.29) is 22.0 Å². The molecule has 3 N–H and O–H groups in total. The number of fused-ring (bicyclic) bond motifs is 1. The van der Waals surface area contributed by atoms with E-state index in [2.05, 4.69) is 15.0 Å². The summed E-state index contributed by atoms with van der Waals surface area (Å²) >= 11 is 6.59. The second-order valence-electron chi connectivity index (χ2n) is 8.68. The number of benzene rings is 1. The van der Waals surface area contributed by atoms with Gasteiger partial charge in [0.05, 0.1) is 29.5 Å². The third-order valence-corrected chi connectivity index (χ3v) is 6.55. The third-order valence-electron chi connectivity index (χ3n) is 6.18. The molecule has 0 bridgehead atoms. The van der Waals surface area contributed by atoms with Crippen molar-refractivity contribution in [3.8, 4) is 11.6 Å². The average Bonchev–Trinajstić information content (AvgIpc) is 3.15. The molecule has 1 unspecified atom stereocenters. The molecule has 12 heteroatoms. The Labute approximate surface area is 217 Å². The minimum absolute atomic E-state index is 0.143. The summed E-state index contributed by atoms with van der Waals surface area (Å²) in [6, 6.07) is 3.25. The molecule has 1 atom stereocenters. The zero-order valence-corrected chi connectivity index (χ0v) is 22.3. The summed E-state index contributed by atoms with van der Waals surface area (Å²) in [5.74, 6) is 0.0864. The molecular formula is C25H29ClF3N5O3. The fourth-order valence-electron chi connectivity index (χ4n) is 4.29. The number of alkyl halides is 3. The van der Waals surface area contributed by atoms with E-state index in [1.807, 2.05) is 0 Å². The summed E-state index contributed by atoms with van der Waals surface area (Å²) < 4.78 is 50.6. The van der Waals surface area contributed by atoms with Crippen molar-refractivity contribution in [2.45, 2.75) is 39.5 Å². The van der Waals surface area contributed by atoms with Gasteiger partial charge in [0.15, 0.2) is 12.2 Å². The third kappa shape index (κ3) is 5.10. The van der Waals surface area contributed by atoms with Crippen LogP contribution in [0.1, 0.15) is 36.5 Å². The molecule has 0 aliphatic carbocycles. The number of rotatable bonds is 7. The molecule has 0 amide bonds. The molecule has 0 saturated carbocycles. The van der Waals surface area contributed by atoms with Crippen LogP contribution in [0, 0.1) is 13.8 Å². The number of nitrogens with zero attached hydrogens (tertiary/aromatic N) is 4. The number of halogens is 4. The van der Waals surface area contributed by atoms with Crippen molar-refractivity contribution < 1.29 is 27.8 Å². The lowest BCUT2D eigenvalue weighted by molar-refractivity contribution is -0.153. The minimum Gasteiger partial charge on any atom is -0.478 e. The largest absolute Gasteiger partial charge is 0.478 e. The highest BCUT2D eigenvalue weighted by molar-refractivity contribution is 6.37. The minimum atomic E-state index is -4.60. The Hall–Kier alpha value is -3.31. The van der Waals surface area contributed by atoms with E-state index < -0.39 is 18.4 Å². The van der Waals surface area contributed by atoms with Gasteiger partial charge in [-0.1, -0.05) is 17.7 Å². The second-order valence-corrected chi connectivity index (χ2v) is 9.06. The summed E-state index contributed by atoms with van der Waals surface area (Å²) in [6.45, 7) is 5.30. The van der Waals surface area contributed by atoms with Gasteiger partial charge in [-0.2, -0.15) is 13.2 Å². The number of hydrogen-bond donors (Lipinski definition) is 2. The number of methoxy groups -OCH3 is 1. The fourth-order valence-corrected chi connectivity index (χ4v) is 4.57. The van der Waals surface area contributed by atoms with Gasteiger partial charge < -0.3 is 24.9 Å². The molecule has 0 aliphatic heterocycles. The molecule has 0 spiro atoms. The maximum absolute atomic E-state index is 12.9. The van der Waals surface area contributed by atoms with Gasteiger partial charge in [-0.3, -0.25) is 4.99 Å². The summed E-state index contributed by atoms with van der Waals surface area (Å²) in [5, 5.41) is 12.6. The Kier molecular flexibility index (Phi) is 7.80. The van der Waals surface area contributed by atoms with Crippen LogP contribution < -0.4 is 15.2 Å². The molecule has 0 aliphatic rings. The number of aromatic nitrogens is 3. The molecule has 3 aromatic rings. The van der Waals surface area contributed by atoms with E-state index in [0.29, 0.717) is 45.1 Å². The maximum atomic E-state index is 12.9. The van der Waals surface area contributed by atoms with E-state index >= 15 is 0 Å². The normalized spacial score (nSPS) is 15.0. The van der Waals surface area contributed by atoms with Gasteiger partial charge in [-0.05, 0) is 44.9 Å². The van der Waals surface area contributed by atoms with Crippen molar-refractivity contribution in [3.05, 3.63) is 57.3 Å². The standard InChI is InChI=1S/C25H29ClF3N5O3/c1-12-8-16(9-17-20(26)22(37-11-24(27,28)29)23(36-7)33-21(12)17)25(35,18-10-32-15(4)34(18)6)19(13(2)30)14(3)31-5/h8-10,35H,11,30H2,1-7H3. The zero-order chi connectivity index (χ0) is 27.9. The van der Waals surface area contributed by atoms with Crippen LogP contribution in [-0.4, -0.2) is 52.3 Å². The molecule has 0 fully saturated rings. The molecule has 37 heavy (non-hydrogen) atoms. The Balaban J connectivity index is 2.43. The predicted octanol–water partition coefficient (Wildman–Crippen LogP) is 4.75. The fraction of sp³-hybridized carbons (Fsp3) is 0.400. The molecular weight excluding hydrogens is 511 g/mol. The van der Waals surface area contributed by atoms with Crippen LogP contribution in [0.2, 0.25) is 5.02 Å². The number of pyridine rings is 1. The summed E-state index contributed by atoms with van der Waals surface area (Å²) in [5.41, 5.74) is 7.23. The van der Waals surface area contributed by atoms with Crippen molar-refractivity contribution in [2.24, 2.45) is 17.8 Å². The van der Waals surface area contributed by atoms with Crippen LogP contribution in [0.15, 0.2) is 34.6 Å². The smallest absolute Gasteiger partial charge is 0.422 e. The van der Waals surface area contributed by atoms with E-state index in [9.17, 15) is 18.3 Å². The zero-order valence-electron chi connectivity index (χ0n) is 21.6. The number of nitrogens with two attached hydrogens (primary N) is 1. The van der Waals surface area contributed by atoms with Crippen LogP contribution in [0.3, 0.4) is 0 Å². The maximum Gasteiger partial charge on any atom is 0.422 e. The molecule has 0 saturated heterocycles. The van der Waals surface area contributed by atoms with Crippen LogP contribution in [0.25, 0.3) is 10.9 Å². The molecule has 1 aromatic carbocycles. The summed E-state index contributed by atoms with van der Waals surface area (Å²) in [4.78, 5) is 12.9. The van der Waals surface area contributed by atoms with E-state index in [0.717, 1.165) is 0 Å². The molecule has 0 radical (unpaired) electrons. The highest BCUT2D eigenvalue weighted by Gasteiger charge is 2.42. The van der Waals surface area contributed by atoms with Crippen molar-refractivity contribution in [3.63, 3.8) is 0 Å². The van der Waals surface area contributed by atoms with Gasteiger partial charge in [0, 0.05) is 36.5 Å². The van der Waals surface area contributed by atoms with Gasteiger partial charge >= 0.3 is 6.18 Å². The number of aryl methyl sites for hydroxylation is 2. The number of aliphatic imine (C=N–C) groups is 1. The number of hydrogen-bond acceptors (Lipinski definition) is 7. The Bertz CT molecular complexity index is 1410. The van der Waals surface area contributed by atoms with Crippen LogP contribution in [-0.2, 0) is 12.6 Å². The number of aliphatic hydroxyl groups is 1. The van der Waals surface area contributed by atoms with Crippen molar-refractivity contribution in [2.75, 3.05) is 20.8 Å². The summed E-state index contributed by atoms with van der Waals surface area (Å²) in [6.07, 6.45) is -3.07. The first-order chi connectivity index (χ1) is 17.2. The molecule has 2 heterocycles. The second kappa shape index (κ2) is 10.2. The number of allylic oxidation sites excluding steroid dienone is 1. The Morgan fingerprint density at radius 3 is 2.38 bits per heavy atom. The lowest BCUT2D eigenvalue weighted by Gasteiger charge is -2.33. The Morgan fingerprint density at radius 2 is 1.89 bits per heavy atom. The van der Waals surface area contributed by atoms with Crippen molar-refractivity contribution in [1.29, 1.82) is 0 Å². The topological polar surface area (TPSA) is 108 Å². The van der Waals surface area contributed by atoms with Crippen molar-refractivity contribution >= 4 is 28.2 Å². The first-order valence-corrected chi connectivity index (χ1v) is 11.5. The van der Waals surface area contributed by atoms with Gasteiger partial charge in [-0.15, -0.1) is 0 Å². The molecule has 2 aromatic heterocycles. The van der Waals surface area contributed by atoms with E-state index in [1.165, 1.54) is 13.3 Å². The SMILES string of the molecule is CN=C(C)C(=C(C)N)C(O)(c1cc(C)c2nc(OC)c(OCC(F)(F)F)c(Cl)c2c1)c1cnc(C)n1C. The molecule has 200 valence electrons. The number of ether oxygens (including phenoxy) is 2. The molecule has 3 rings (SSSR count). The first-order valence-electron chi connectivity index (χ1n) is 11.2. The average molecular weight is 540 g/mol. The van der Waals surface area contributed by atoms with E-state index in [4.69, 9.17) is 26.8 Å². The van der Waals surface area contributed by atoms with Crippen LogP contribution in [0.5, 0.6) is 11.6 Å². The van der Waals surface area contributed by atoms with E-state index in [1.54, 1.807) is 58.5 Å². The predicted molar refractivity (Wildman–Crippen MR) is 136 cm³/mol. The van der Waals surface area contributed by atoms with Gasteiger partial charge in [0.2, 0.25) is 5.75 Å². The highest BCUT2D eigenvalue weighted by atomic mass is 35.5. The van der Waals surface area contributed by atoms with Crippen molar-refractivity contribution in [1.82, 2.24) is 14.5 Å². The monoisotopic (exact) mass is 539 g/mol. The molecule has 8 nitrogen and oxygen atoms in total. The van der Waals surface area contributed by atoms with Gasteiger partial charge in [-0.25, -0.2) is 9.97 Å². The lowest BCUT2D eigenvalue weighted by Crippen LogP contribution is -2.37. The Morgan fingerprint density at radius 1 is 1.24 bits per heavy atom. The quantitative estimate of drug-likeness (QED) is 0.420. The summed E-state index contributed by atoms with van der Waals surface area (Å²) in [7, 11) is 4.59. The van der Waals surface area contributed by atoms with Crippen LogP contribution in [0.4, 0.5) is 13.2 Å².